The van der Waals surface area contributed by atoms with Crippen molar-refractivity contribution in [3.8, 4) is 23.7 Å². The van der Waals surface area contributed by atoms with Crippen molar-refractivity contribution in [3.05, 3.63) is 118 Å². The van der Waals surface area contributed by atoms with Gasteiger partial charge in [-0.05, 0) is 43.7 Å². The third-order valence-corrected chi connectivity index (χ3v) is 5.12. The van der Waals surface area contributed by atoms with Gasteiger partial charge in [-0.3, -0.25) is 14.5 Å². The Morgan fingerprint density at radius 3 is 1.47 bits per heavy atom. The number of carbonyl (C=O) groups is 2. The molecule has 0 bridgehead atoms. The number of aryl methyl sites for hydroxylation is 2. The van der Waals surface area contributed by atoms with Gasteiger partial charge in [0, 0.05) is 11.1 Å². The molecule has 4 rings (SSSR count). The molecule has 0 fully saturated rings. The third-order valence-electron chi connectivity index (χ3n) is 5.12. The standard InChI is InChI=1S/C29H21NO2/c1-21-8-12-23(13-9-21)16-18-26-27(19-17-24-14-10-22(2)11-15-24)29(32)30(28(26)31)20-25-6-4-3-5-7-25/h3-15H,20H2,1-2H3. The zero-order chi connectivity index (χ0) is 22.5. The van der Waals surface area contributed by atoms with Crippen LogP contribution >= 0.6 is 0 Å². The summed E-state index contributed by atoms with van der Waals surface area (Å²) in [5.41, 5.74) is 4.96. The summed E-state index contributed by atoms with van der Waals surface area (Å²) in [5.74, 6) is 11.0. The molecule has 1 aliphatic heterocycles. The molecule has 0 spiro atoms. The molecule has 32 heavy (non-hydrogen) atoms. The highest BCUT2D eigenvalue weighted by molar-refractivity contribution is 6.23. The van der Waals surface area contributed by atoms with Crippen LogP contribution in [0, 0.1) is 37.5 Å². The predicted octanol–water partition coefficient (Wildman–Crippen LogP) is 4.57. The first-order chi connectivity index (χ1) is 15.5. The van der Waals surface area contributed by atoms with Gasteiger partial charge in [-0.1, -0.05) is 89.4 Å². The molecule has 3 aromatic carbocycles. The van der Waals surface area contributed by atoms with Gasteiger partial charge in [0.05, 0.1) is 6.54 Å². The molecule has 0 radical (unpaired) electrons. The van der Waals surface area contributed by atoms with Gasteiger partial charge in [0.25, 0.3) is 11.8 Å². The van der Waals surface area contributed by atoms with Crippen LogP contribution in [0.2, 0.25) is 0 Å². The highest BCUT2D eigenvalue weighted by Gasteiger charge is 2.37. The number of hydrogen-bond acceptors (Lipinski definition) is 2. The molecule has 0 saturated heterocycles. The zero-order valence-electron chi connectivity index (χ0n) is 18.0. The van der Waals surface area contributed by atoms with Crippen LogP contribution in [0.3, 0.4) is 0 Å². The van der Waals surface area contributed by atoms with Gasteiger partial charge < -0.3 is 0 Å². The topological polar surface area (TPSA) is 37.4 Å². The predicted molar refractivity (Wildman–Crippen MR) is 125 cm³/mol. The van der Waals surface area contributed by atoms with E-state index in [4.69, 9.17) is 0 Å². The summed E-state index contributed by atoms with van der Waals surface area (Å²) < 4.78 is 0. The molecule has 2 amide bonds. The van der Waals surface area contributed by atoms with E-state index in [0.717, 1.165) is 27.8 Å². The summed E-state index contributed by atoms with van der Waals surface area (Å²) in [6, 6.07) is 24.8. The normalized spacial score (nSPS) is 12.9. The minimum Gasteiger partial charge on any atom is -0.269 e. The smallest absolute Gasteiger partial charge is 0.269 e. The van der Waals surface area contributed by atoms with Gasteiger partial charge in [-0.25, -0.2) is 0 Å². The maximum Gasteiger partial charge on any atom is 0.271 e. The fourth-order valence-corrected chi connectivity index (χ4v) is 3.26. The summed E-state index contributed by atoms with van der Waals surface area (Å²) in [7, 11) is 0. The lowest BCUT2D eigenvalue weighted by Gasteiger charge is -2.14. The number of imide groups is 1. The molecular formula is C29H21NO2. The second kappa shape index (κ2) is 9.21. The van der Waals surface area contributed by atoms with Crippen molar-refractivity contribution in [2.24, 2.45) is 0 Å². The van der Waals surface area contributed by atoms with E-state index in [1.54, 1.807) is 0 Å². The summed E-state index contributed by atoms with van der Waals surface area (Å²) in [4.78, 5) is 27.5. The van der Waals surface area contributed by atoms with Crippen molar-refractivity contribution in [1.29, 1.82) is 0 Å². The Morgan fingerprint density at radius 1 is 0.594 bits per heavy atom. The molecule has 1 aliphatic rings. The lowest BCUT2D eigenvalue weighted by atomic mass is 10.1. The van der Waals surface area contributed by atoms with Gasteiger partial charge in [-0.2, -0.15) is 0 Å². The molecule has 0 N–H and O–H groups in total. The second-order valence-corrected chi connectivity index (χ2v) is 7.66. The summed E-state index contributed by atoms with van der Waals surface area (Å²) in [5, 5.41) is 0. The number of nitrogens with zero attached hydrogens (tertiary/aromatic N) is 1. The van der Waals surface area contributed by atoms with Crippen molar-refractivity contribution in [3.63, 3.8) is 0 Å². The molecule has 3 aromatic rings. The van der Waals surface area contributed by atoms with Crippen molar-refractivity contribution in [2.45, 2.75) is 20.4 Å². The number of rotatable bonds is 2. The largest absolute Gasteiger partial charge is 0.271 e. The molecule has 0 saturated carbocycles. The Morgan fingerprint density at radius 2 is 1.03 bits per heavy atom. The molecular weight excluding hydrogens is 394 g/mol. The summed E-state index contributed by atoms with van der Waals surface area (Å²) in [6.07, 6.45) is 0. The summed E-state index contributed by atoms with van der Waals surface area (Å²) in [6.45, 7) is 4.18. The molecule has 0 aliphatic carbocycles. The minimum atomic E-state index is -0.410. The van der Waals surface area contributed by atoms with Gasteiger partial charge in [-0.15, -0.1) is 0 Å². The molecule has 1 heterocycles. The highest BCUT2D eigenvalue weighted by Crippen LogP contribution is 2.22. The molecule has 154 valence electrons. The van der Waals surface area contributed by atoms with E-state index in [9.17, 15) is 9.59 Å². The summed E-state index contributed by atoms with van der Waals surface area (Å²) >= 11 is 0. The van der Waals surface area contributed by atoms with Gasteiger partial charge >= 0.3 is 0 Å². The van der Waals surface area contributed by atoms with E-state index in [1.165, 1.54) is 4.90 Å². The van der Waals surface area contributed by atoms with E-state index in [1.807, 2.05) is 92.7 Å². The Hall–Kier alpha value is -4.34. The van der Waals surface area contributed by atoms with Crippen molar-refractivity contribution >= 4 is 11.8 Å². The van der Waals surface area contributed by atoms with Crippen LogP contribution < -0.4 is 0 Å². The van der Waals surface area contributed by atoms with E-state index < -0.39 is 11.8 Å². The van der Waals surface area contributed by atoms with Crippen LogP contribution in [0.4, 0.5) is 0 Å². The Kier molecular flexibility index (Phi) is 6.02. The van der Waals surface area contributed by atoms with E-state index in [-0.39, 0.29) is 17.7 Å². The lowest BCUT2D eigenvalue weighted by Crippen LogP contribution is -2.31. The quantitative estimate of drug-likeness (QED) is 0.454. The minimum absolute atomic E-state index is 0.145. The fourth-order valence-electron chi connectivity index (χ4n) is 3.26. The van der Waals surface area contributed by atoms with Crippen LogP contribution in [0.15, 0.2) is 90.0 Å². The molecule has 3 nitrogen and oxygen atoms in total. The lowest BCUT2D eigenvalue weighted by molar-refractivity contribution is -0.137. The van der Waals surface area contributed by atoms with E-state index in [0.29, 0.717) is 0 Å². The molecule has 0 aromatic heterocycles. The third kappa shape index (κ3) is 4.69. The van der Waals surface area contributed by atoms with Crippen molar-refractivity contribution in [1.82, 2.24) is 4.90 Å². The fraction of sp³-hybridized carbons (Fsp3) is 0.103. The second-order valence-electron chi connectivity index (χ2n) is 7.66. The van der Waals surface area contributed by atoms with Gasteiger partial charge in [0.2, 0.25) is 0 Å². The maximum atomic E-state index is 13.1. The van der Waals surface area contributed by atoms with Crippen LogP contribution in [0.1, 0.15) is 27.8 Å². The first kappa shape index (κ1) is 20.9. The van der Waals surface area contributed by atoms with Crippen LogP contribution in [0.5, 0.6) is 0 Å². The zero-order valence-corrected chi connectivity index (χ0v) is 18.0. The molecule has 0 atom stereocenters. The average molecular weight is 415 g/mol. The van der Waals surface area contributed by atoms with Gasteiger partial charge in [0.1, 0.15) is 11.1 Å². The van der Waals surface area contributed by atoms with E-state index >= 15 is 0 Å². The van der Waals surface area contributed by atoms with Crippen molar-refractivity contribution < 1.29 is 9.59 Å². The average Bonchev–Trinajstić information content (AvgIpc) is 3.03. The number of hydrogen-bond donors (Lipinski definition) is 0. The van der Waals surface area contributed by atoms with Gasteiger partial charge in [0.15, 0.2) is 0 Å². The first-order valence-electron chi connectivity index (χ1n) is 10.3. The number of amides is 2. The van der Waals surface area contributed by atoms with Crippen molar-refractivity contribution in [2.75, 3.05) is 0 Å². The highest BCUT2D eigenvalue weighted by atomic mass is 16.2. The van der Waals surface area contributed by atoms with Crippen LogP contribution in [-0.2, 0) is 16.1 Å². The molecule has 0 unspecified atom stereocenters. The molecule has 3 heteroatoms. The number of carbonyl (C=O) groups excluding carboxylic acids is 2. The Balaban J connectivity index is 1.72. The van der Waals surface area contributed by atoms with E-state index in [2.05, 4.69) is 23.7 Å². The number of benzene rings is 3. The van der Waals surface area contributed by atoms with Crippen LogP contribution in [-0.4, -0.2) is 16.7 Å². The van der Waals surface area contributed by atoms with Crippen LogP contribution in [0.25, 0.3) is 0 Å². The Labute approximate surface area is 188 Å². The SMILES string of the molecule is Cc1ccc(C#CC2=C(C#Cc3ccc(C)cc3)C(=O)N(Cc3ccccc3)C2=O)cc1. The monoisotopic (exact) mass is 415 g/mol. The Bertz CT molecular complexity index is 1240. The maximum absolute atomic E-state index is 13.1. The first-order valence-corrected chi connectivity index (χ1v) is 10.3.